The predicted molar refractivity (Wildman–Crippen MR) is 137 cm³/mol. The second-order valence-corrected chi connectivity index (χ2v) is 12.0. The third kappa shape index (κ3) is 4.54. The number of aromatic nitrogens is 1. The van der Waals surface area contributed by atoms with Crippen LogP contribution in [0, 0.1) is 23.2 Å². The van der Waals surface area contributed by atoms with Crippen LogP contribution in [0.15, 0.2) is 18.2 Å². The van der Waals surface area contributed by atoms with Gasteiger partial charge in [0.25, 0.3) is 0 Å². The lowest BCUT2D eigenvalue weighted by Crippen LogP contribution is -2.55. The summed E-state index contributed by atoms with van der Waals surface area (Å²) in [6.07, 6.45) is 8.26. The van der Waals surface area contributed by atoms with Crippen LogP contribution < -0.4 is 4.90 Å². The fraction of sp³-hybridized carbons (Fsp3) is 0.680. The van der Waals surface area contributed by atoms with Gasteiger partial charge in [-0.1, -0.05) is 29.0 Å². The third-order valence-electron chi connectivity index (χ3n) is 8.29. The number of carbonyl (C=O) groups is 1. The van der Waals surface area contributed by atoms with Crippen molar-refractivity contribution in [1.29, 1.82) is 0 Å². The summed E-state index contributed by atoms with van der Waals surface area (Å²) in [5, 5.41) is 1.50. The van der Waals surface area contributed by atoms with Crippen molar-refractivity contribution in [2.75, 3.05) is 44.3 Å². The van der Waals surface area contributed by atoms with E-state index in [1.807, 2.05) is 12.1 Å². The van der Waals surface area contributed by atoms with Gasteiger partial charge < -0.3 is 4.74 Å². The van der Waals surface area contributed by atoms with Gasteiger partial charge in [-0.2, -0.15) is 0 Å². The number of rotatable bonds is 6. The van der Waals surface area contributed by atoms with Crippen LogP contribution in [0.25, 0.3) is 10.2 Å². The zero-order chi connectivity index (χ0) is 21.7. The van der Waals surface area contributed by atoms with Crippen LogP contribution in [-0.4, -0.2) is 55.2 Å². The molecule has 5 fully saturated rings. The van der Waals surface area contributed by atoms with Crippen LogP contribution in [0.5, 0.6) is 0 Å². The van der Waals surface area contributed by atoms with Crippen LogP contribution in [0.1, 0.15) is 44.9 Å². The zero-order valence-electron chi connectivity index (χ0n) is 19.0. The fourth-order valence-corrected chi connectivity index (χ4v) is 8.53. The molecule has 0 N–H and O–H groups in total. The molecular formula is C25H33Cl2N3O2S. The summed E-state index contributed by atoms with van der Waals surface area (Å²) in [7, 11) is 0. The molecule has 33 heavy (non-hydrogen) atoms. The van der Waals surface area contributed by atoms with Gasteiger partial charge in [0, 0.05) is 26.2 Å². The van der Waals surface area contributed by atoms with Crippen molar-refractivity contribution in [1.82, 2.24) is 9.88 Å². The van der Waals surface area contributed by atoms with Gasteiger partial charge in [0.05, 0.1) is 28.4 Å². The van der Waals surface area contributed by atoms with Crippen LogP contribution in [-0.2, 0) is 9.53 Å². The molecule has 1 aromatic carbocycles. The highest BCUT2D eigenvalue weighted by atomic mass is 35.5. The molecule has 5 aliphatic rings. The molecule has 1 amide bonds. The van der Waals surface area contributed by atoms with Gasteiger partial charge in [-0.15, -0.1) is 12.4 Å². The number of para-hydroxylation sites is 1. The topological polar surface area (TPSA) is 45.7 Å². The molecule has 5 nitrogen and oxygen atoms in total. The third-order valence-corrected chi connectivity index (χ3v) is 9.63. The Morgan fingerprint density at radius 2 is 1.82 bits per heavy atom. The molecule has 180 valence electrons. The monoisotopic (exact) mass is 509 g/mol. The Bertz CT molecular complexity index is 971. The number of nitrogens with zero attached hydrogens (tertiary/aromatic N) is 3. The van der Waals surface area contributed by atoms with Crippen LogP contribution in [0.2, 0.25) is 5.02 Å². The lowest BCUT2D eigenvalue weighted by molar-refractivity contribution is -0.143. The molecule has 0 radical (unpaired) electrons. The highest BCUT2D eigenvalue weighted by Gasteiger charge is 2.56. The maximum Gasteiger partial charge on any atom is 0.235 e. The second kappa shape index (κ2) is 9.62. The Hall–Kier alpha value is -0.920. The molecule has 4 bridgehead atoms. The van der Waals surface area contributed by atoms with E-state index in [2.05, 4.69) is 15.9 Å². The first-order valence-corrected chi connectivity index (χ1v) is 13.5. The molecule has 0 atom stereocenters. The van der Waals surface area contributed by atoms with Crippen molar-refractivity contribution in [2.45, 2.75) is 44.9 Å². The molecule has 4 saturated carbocycles. The van der Waals surface area contributed by atoms with Crippen molar-refractivity contribution < 1.29 is 9.53 Å². The van der Waals surface area contributed by atoms with E-state index in [1.165, 1.54) is 19.3 Å². The highest BCUT2D eigenvalue weighted by molar-refractivity contribution is 7.22. The fourth-order valence-electron chi connectivity index (χ4n) is 7.24. The van der Waals surface area contributed by atoms with Crippen molar-refractivity contribution in [3.05, 3.63) is 23.2 Å². The van der Waals surface area contributed by atoms with E-state index >= 15 is 0 Å². The van der Waals surface area contributed by atoms with Crippen LogP contribution in [0.3, 0.4) is 0 Å². The SMILES string of the molecule is Cl.O=C(N(CCCN1CCOCC1)c1nc2c(Cl)cccc2s1)C12CC3CC(CC(C3)C1)C2. The minimum Gasteiger partial charge on any atom is -0.379 e. The number of anilines is 1. The Morgan fingerprint density at radius 1 is 1.15 bits per heavy atom. The molecule has 7 rings (SSSR count). The molecule has 0 unspecified atom stereocenters. The maximum atomic E-state index is 14.3. The van der Waals surface area contributed by atoms with Crippen molar-refractivity contribution in [2.24, 2.45) is 23.2 Å². The number of hydrogen-bond acceptors (Lipinski definition) is 5. The van der Waals surface area contributed by atoms with E-state index in [0.29, 0.717) is 10.9 Å². The van der Waals surface area contributed by atoms with Crippen molar-refractivity contribution in [3.8, 4) is 0 Å². The summed E-state index contributed by atoms with van der Waals surface area (Å²) in [6, 6.07) is 5.91. The largest absolute Gasteiger partial charge is 0.379 e. The normalized spacial score (nSPS) is 31.0. The number of morpholine rings is 1. The molecule has 4 aliphatic carbocycles. The van der Waals surface area contributed by atoms with E-state index in [-0.39, 0.29) is 17.8 Å². The van der Waals surface area contributed by atoms with Crippen LogP contribution >= 0.6 is 35.3 Å². The number of ether oxygens (including phenoxy) is 1. The Labute approximate surface area is 211 Å². The van der Waals surface area contributed by atoms with E-state index in [0.717, 1.165) is 98.2 Å². The number of benzene rings is 1. The minimum absolute atomic E-state index is 0. The number of thiazole rings is 1. The summed E-state index contributed by atoms with van der Waals surface area (Å²) in [6.45, 7) is 5.33. The van der Waals surface area contributed by atoms with E-state index in [4.69, 9.17) is 21.3 Å². The first-order valence-electron chi connectivity index (χ1n) is 12.3. The van der Waals surface area contributed by atoms with Gasteiger partial charge in [0.1, 0.15) is 5.52 Å². The first kappa shape index (κ1) is 23.8. The molecule has 2 heterocycles. The van der Waals surface area contributed by atoms with Crippen LogP contribution in [0.4, 0.5) is 5.13 Å². The number of carbonyl (C=O) groups excluding carboxylic acids is 1. The highest BCUT2D eigenvalue weighted by Crippen LogP contribution is 2.60. The lowest BCUT2D eigenvalue weighted by atomic mass is 9.49. The van der Waals surface area contributed by atoms with Gasteiger partial charge in [-0.25, -0.2) is 4.98 Å². The van der Waals surface area contributed by atoms with Gasteiger partial charge >= 0.3 is 0 Å². The quantitative estimate of drug-likeness (QED) is 0.505. The molecule has 1 aromatic heterocycles. The summed E-state index contributed by atoms with van der Waals surface area (Å²) >= 11 is 8.05. The minimum atomic E-state index is -0.157. The summed E-state index contributed by atoms with van der Waals surface area (Å²) in [5.41, 5.74) is 0.667. The van der Waals surface area contributed by atoms with Gasteiger partial charge in [0.2, 0.25) is 5.91 Å². The van der Waals surface area contributed by atoms with Gasteiger partial charge in [-0.05, 0) is 74.8 Å². The molecule has 1 saturated heterocycles. The number of hydrogen-bond donors (Lipinski definition) is 0. The second-order valence-electron chi connectivity index (χ2n) is 10.5. The van der Waals surface area contributed by atoms with Crippen molar-refractivity contribution in [3.63, 3.8) is 0 Å². The maximum absolute atomic E-state index is 14.3. The van der Waals surface area contributed by atoms with E-state index < -0.39 is 0 Å². The molecular weight excluding hydrogens is 477 g/mol. The Morgan fingerprint density at radius 3 is 2.45 bits per heavy atom. The summed E-state index contributed by atoms with van der Waals surface area (Å²) in [4.78, 5) is 23.7. The molecule has 0 spiro atoms. The van der Waals surface area contributed by atoms with E-state index in [9.17, 15) is 4.79 Å². The standard InChI is InChI=1S/C25H32ClN3O2S.ClH/c26-20-3-1-4-21-22(20)27-24(32-21)29(6-2-5-28-7-9-31-10-8-28)23(30)25-14-17-11-18(15-25)13-19(12-17)16-25;/h1,3-4,17-19H,2,5-16H2;1H. The van der Waals surface area contributed by atoms with Gasteiger partial charge in [-0.3, -0.25) is 14.6 Å². The molecule has 8 heteroatoms. The zero-order valence-corrected chi connectivity index (χ0v) is 21.4. The smallest absolute Gasteiger partial charge is 0.235 e. The number of amides is 1. The predicted octanol–water partition coefficient (Wildman–Crippen LogP) is 5.64. The van der Waals surface area contributed by atoms with Crippen molar-refractivity contribution >= 4 is 56.6 Å². The summed E-state index contributed by atoms with van der Waals surface area (Å²) in [5.74, 6) is 2.61. The first-order chi connectivity index (χ1) is 15.6. The molecule has 2 aromatic rings. The average molecular weight is 511 g/mol. The molecule has 1 aliphatic heterocycles. The lowest BCUT2D eigenvalue weighted by Gasteiger charge is -2.56. The van der Waals surface area contributed by atoms with Gasteiger partial charge in [0.15, 0.2) is 5.13 Å². The Kier molecular flexibility index (Phi) is 6.94. The Balaban J connectivity index is 0.00000228. The number of halogens is 2. The number of fused-ring (bicyclic) bond motifs is 1. The average Bonchev–Trinajstić information content (AvgIpc) is 3.21. The summed E-state index contributed by atoms with van der Waals surface area (Å²) < 4.78 is 6.55. The van der Waals surface area contributed by atoms with E-state index in [1.54, 1.807) is 11.3 Å².